The van der Waals surface area contributed by atoms with Crippen molar-refractivity contribution in [2.24, 2.45) is 5.92 Å². The number of halogens is 1. The van der Waals surface area contributed by atoms with E-state index in [1.54, 1.807) is 0 Å². The van der Waals surface area contributed by atoms with Gasteiger partial charge in [-0.3, -0.25) is 14.3 Å². The number of aromatic nitrogens is 2. The van der Waals surface area contributed by atoms with Crippen LogP contribution in [0, 0.1) is 5.92 Å². The molecule has 1 aliphatic rings. The SMILES string of the molecule is CCCc1c(Cl)[nH]c(=O)n(C2CCCC(C)CC2)c1=O. The van der Waals surface area contributed by atoms with Crippen LogP contribution in [0.25, 0.3) is 0 Å². The molecule has 2 rings (SSSR count). The summed E-state index contributed by atoms with van der Waals surface area (Å²) in [5.41, 5.74) is -0.00868. The van der Waals surface area contributed by atoms with E-state index < -0.39 is 0 Å². The Kier molecular flexibility index (Phi) is 5.08. The van der Waals surface area contributed by atoms with Gasteiger partial charge in [-0.05, 0) is 31.6 Å². The zero-order valence-corrected chi connectivity index (χ0v) is 13.0. The van der Waals surface area contributed by atoms with Crippen molar-refractivity contribution in [2.75, 3.05) is 0 Å². The second-order valence-corrected chi connectivity index (χ2v) is 6.29. The number of aromatic amines is 1. The van der Waals surface area contributed by atoms with Gasteiger partial charge in [0.15, 0.2) is 0 Å². The van der Waals surface area contributed by atoms with Gasteiger partial charge >= 0.3 is 5.69 Å². The highest BCUT2D eigenvalue weighted by atomic mass is 35.5. The molecule has 5 heteroatoms. The van der Waals surface area contributed by atoms with Crippen molar-refractivity contribution in [1.82, 2.24) is 9.55 Å². The predicted molar refractivity (Wildman–Crippen MR) is 81.6 cm³/mol. The lowest BCUT2D eigenvalue weighted by atomic mass is 10.0. The van der Waals surface area contributed by atoms with Gasteiger partial charge in [0.25, 0.3) is 5.56 Å². The Morgan fingerprint density at radius 2 is 2.00 bits per heavy atom. The molecule has 112 valence electrons. The van der Waals surface area contributed by atoms with Gasteiger partial charge in [0.2, 0.25) is 0 Å². The normalized spacial score (nSPS) is 23.6. The molecule has 0 bridgehead atoms. The minimum Gasteiger partial charge on any atom is -0.297 e. The van der Waals surface area contributed by atoms with Crippen molar-refractivity contribution in [1.29, 1.82) is 0 Å². The van der Waals surface area contributed by atoms with Crippen molar-refractivity contribution in [2.45, 2.75) is 64.8 Å². The summed E-state index contributed by atoms with van der Waals surface area (Å²) in [6.07, 6.45) is 6.57. The third kappa shape index (κ3) is 3.17. The van der Waals surface area contributed by atoms with E-state index in [1.807, 2.05) is 6.92 Å². The number of nitrogens with zero attached hydrogens (tertiary/aromatic N) is 1. The van der Waals surface area contributed by atoms with Gasteiger partial charge in [-0.25, -0.2) is 4.79 Å². The van der Waals surface area contributed by atoms with Crippen molar-refractivity contribution in [3.63, 3.8) is 0 Å². The first-order valence-corrected chi connectivity index (χ1v) is 7.95. The van der Waals surface area contributed by atoms with Crippen LogP contribution in [0.3, 0.4) is 0 Å². The number of hydrogen-bond acceptors (Lipinski definition) is 2. The topological polar surface area (TPSA) is 54.9 Å². The molecule has 1 heterocycles. The Bertz CT molecular complexity index is 576. The van der Waals surface area contributed by atoms with Crippen LogP contribution in [0.2, 0.25) is 5.15 Å². The molecule has 1 N–H and O–H groups in total. The fourth-order valence-corrected chi connectivity index (χ4v) is 3.34. The second kappa shape index (κ2) is 6.61. The van der Waals surface area contributed by atoms with Crippen LogP contribution < -0.4 is 11.2 Å². The Hall–Kier alpha value is -1.03. The number of nitrogens with one attached hydrogen (secondary N) is 1. The molecule has 0 saturated heterocycles. The first-order valence-electron chi connectivity index (χ1n) is 7.57. The molecule has 1 aliphatic carbocycles. The van der Waals surface area contributed by atoms with Crippen LogP contribution in [-0.4, -0.2) is 9.55 Å². The van der Waals surface area contributed by atoms with Gasteiger partial charge in [-0.2, -0.15) is 0 Å². The summed E-state index contributed by atoms with van der Waals surface area (Å²) in [7, 11) is 0. The summed E-state index contributed by atoms with van der Waals surface area (Å²) in [4.78, 5) is 27.3. The van der Waals surface area contributed by atoms with Gasteiger partial charge in [0.05, 0.1) is 5.56 Å². The third-order valence-corrected chi connectivity index (χ3v) is 4.59. The summed E-state index contributed by atoms with van der Waals surface area (Å²) in [5.74, 6) is 0.678. The number of rotatable bonds is 3. The molecule has 1 aromatic rings. The van der Waals surface area contributed by atoms with Gasteiger partial charge in [0.1, 0.15) is 5.15 Å². The summed E-state index contributed by atoms with van der Waals surface area (Å²) in [5, 5.41) is 0.208. The molecule has 0 aromatic carbocycles. The van der Waals surface area contributed by atoms with Crippen LogP contribution in [-0.2, 0) is 6.42 Å². The fourth-order valence-electron chi connectivity index (χ4n) is 3.09. The molecule has 2 unspecified atom stereocenters. The molecular weight excluding hydrogens is 276 g/mol. The van der Waals surface area contributed by atoms with Crippen LogP contribution in [0.15, 0.2) is 9.59 Å². The monoisotopic (exact) mass is 298 g/mol. The van der Waals surface area contributed by atoms with E-state index >= 15 is 0 Å². The van der Waals surface area contributed by atoms with E-state index in [4.69, 9.17) is 11.6 Å². The maximum Gasteiger partial charge on any atom is 0.329 e. The Morgan fingerprint density at radius 1 is 1.25 bits per heavy atom. The lowest BCUT2D eigenvalue weighted by Crippen LogP contribution is -2.40. The van der Waals surface area contributed by atoms with Gasteiger partial charge in [-0.1, -0.05) is 44.7 Å². The smallest absolute Gasteiger partial charge is 0.297 e. The average Bonchev–Trinajstić information content (AvgIpc) is 2.60. The molecule has 0 amide bonds. The summed E-state index contributed by atoms with van der Waals surface area (Å²) < 4.78 is 1.41. The van der Waals surface area contributed by atoms with Crippen molar-refractivity contribution >= 4 is 11.6 Å². The third-order valence-electron chi connectivity index (χ3n) is 4.27. The molecule has 20 heavy (non-hydrogen) atoms. The summed E-state index contributed by atoms with van der Waals surface area (Å²) in [6, 6.07) is 0.0177. The molecule has 1 aromatic heterocycles. The highest BCUT2D eigenvalue weighted by molar-refractivity contribution is 6.30. The van der Waals surface area contributed by atoms with Crippen molar-refractivity contribution in [3.8, 4) is 0 Å². The van der Waals surface area contributed by atoms with E-state index in [2.05, 4.69) is 11.9 Å². The summed E-state index contributed by atoms with van der Waals surface area (Å²) >= 11 is 6.01. The maximum atomic E-state index is 12.6. The summed E-state index contributed by atoms with van der Waals surface area (Å²) in [6.45, 7) is 4.23. The standard InChI is InChI=1S/C15H23ClN2O2/c1-3-5-12-13(16)17-15(20)18(14(12)19)11-7-4-6-10(2)8-9-11/h10-11H,3-9H2,1-2H3,(H,17,20). The molecule has 0 aliphatic heterocycles. The predicted octanol–water partition coefficient (Wildman–Crippen LogP) is 3.28. The minimum absolute atomic E-state index is 0.0177. The van der Waals surface area contributed by atoms with Gasteiger partial charge < -0.3 is 0 Å². The lowest BCUT2D eigenvalue weighted by Gasteiger charge is -2.18. The maximum absolute atomic E-state index is 12.6. The van der Waals surface area contributed by atoms with Crippen molar-refractivity contribution < 1.29 is 0 Å². The van der Waals surface area contributed by atoms with Crippen LogP contribution >= 0.6 is 11.6 Å². The molecule has 4 nitrogen and oxygen atoms in total. The molecule has 1 saturated carbocycles. The van der Waals surface area contributed by atoms with Gasteiger partial charge in [-0.15, -0.1) is 0 Å². The molecule has 2 atom stereocenters. The fraction of sp³-hybridized carbons (Fsp3) is 0.733. The van der Waals surface area contributed by atoms with Crippen LogP contribution in [0.5, 0.6) is 0 Å². The second-order valence-electron chi connectivity index (χ2n) is 5.92. The quantitative estimate of drug-likeness (QED) is 0.688. The number of hydrogen-bond donors (Lipinski definition) is 1. The Balaban J connectivity index is 2.43. The minimum atomic E-state index is -0.362. The molecule has 0 radical (unpaired) electrons. The molecule has 1 fully saturated rings. The molecule has 0 spiro atoms. The zero-order chi connectivity index (χ0) is 14.7. The Morgan fingerprint density at radius 3 is 2.70 bits per heavy atom. The van der Waals surface area contributed by atoms with Gasteiger partial charge in [0, 0.05) is 6.04 Å². The van der Waals surface area contributed by atoms with E-state index in [-0.39, 0.29) is 22.4 Å². The molecular formula is C15H23ClN2O2. The zero-order valence-electron chi connectivity index (χ0n) is 12.2. The number of H-pyrrole nitrogens is 1. The van der Waals surface area contributed by atoms with Crippen molar-refractivity contribution in [3.05, 3.63) is 31.6 Å². The first kappa shape index (κ1) is 15.4. The highest BCUT2D eigenvalue weighted by Crippen LogP contribution is 2.28. The van der Waals surface area contributed by atoms with E-state index in [1.165, 1.54) is 11.0 Å². The lowest BCUT2D eigenvalue weighted by molar-refractivity contribution is 0.405. The first-order chi connectivity index (χ1) is 9.54. The van der Waals surface area contributed by atoms with Crippen LogP contribution in [0.1, 0.15) is 64.0 Å². The largest absolute Gasteiger partial charge is 0.329 e. The van der Waals surface area contributed by atoms with Crippen LogP contribution in [0.4, 0.5) is 0 Å². The van der Waals surface area contributed by atoms with E-state index in [0.717, 1.165) is 32.1 Å². The van der Waals surface area contributed by atoms with E-state index in [0.29, 0.717) is 17.9 Å². The van der Waals surface area contributed by atoms with E-state index in [9.17, 15) is 9.59 Å². The Labute approximate surface area is 124 Å². The average molecular weight is 299 g/mol. The highest BCUT2D eigenvalue weighted by Gasteiger charge is 2.22.